The van der Waals surface area contributed by atoms with Gasteiger partial charge in [-0.25, -0.2) is 18.0 Å². The number of sulfonamides is 1. The number of alkyl halides is 3. The number of anilines is 2. The van der Waals surface area contributed by atoms with Crippen LogP contribution < -0.4 is 14.1 Å². The first-order valence-corrected chi connectivity index (χ1v) is 10.9. The fourth-order valence-corrected chi connectivity index (χ4v) is 4.58. The van der Waals surface area contributed by atoms with E-state index in [-0.39, 0.29) is 28.6 Å². The van der Waals surface area contributed by atoms with Crippen LogP contribution in [0, 0.1) is 0 Å². The molecule has 0 N–H and O–H groups in total. The second-order valence-corrected chi connectivity index (χ2v) is 8.47. The highest BCUT2D eigenvalue weighted by Crippen LogP contribution is 2.40. The molecule has 1 atom stereocenters. The molecular weight excluding hydrogens is 469 g/mol. The van der Waals surface area contributed by atoms with Gasteiger partial charge in [0.2, 0.25) is 0 Å². The number of benzene rings is 2. The molecule has 0 aliphatic carbocycles. The van der Waals surface area contributed by atoms with Gasteiger partial charge in [0.1, 0.15) is 10.6 Å². The van der Waals surface area contributed by atoms with Crippen molar-refractivity contribution >= 4 is 33.4 Å². The van der Waals surface area contributed by atoms with Crippen molar-refractivity contribution in [2.45, 2.75) is 31.0 Å². The summed E-state index contributed by atoms with van der Waals surface area (Å²) in [6.07, 6.45) is -5.65. The number of hydrogen-bond acceptors (Lipinski definition) is 7. The van der Waals surface area contributed by atoms with Gasteiger partial charge in [-0.2, -0.15) is 22.5 Å². The number of hydroxylamine groups is 1. The van der Waals surface area contributed by atoms with E-state index in [1.165, 1.54) is 19.1 Å². The molecule has 178 valence electrons. The van der Waals surface area contributed by atoms with Crippen molar-refractivity contribution in [3.05, 3.63) is 48.0 Å². The topological polar surface area (TPSA) is 102 Å². The first kappa shape index (κ1) is 24.3. The van der Waals surface area contributed by atoms with Crippen LogP contribution in [0.25, 0.3) is 0 Å². The molecule has 13 heteroatoms. The minimum Gasteiger partial charge on any atom is -0.479 e. The summed E-state index contributed by atoms with van der Waals surface area (Å²) in [6, 6.07) is 5.48. The maximum atomic E-state index is 13.2. The molecule has 33 heavy (non-hydrogen) atoms. The summed E-state index contributed by atoms with van der Waals surface area (Å²) < 4.78 is 75.6. The SMILES string of the molecule is CCOC(=O)[C@@H](C)Oc1ccc2c(c1)N(OC)C(=O)N(c1ccc(C(F)(F)F)cc1)S2(=O)=O. The van der Waals surface area contributed by atoms with E-state index in [2.05, 4.69) is 0 Å². The fraction of sp³-hybridized carbons (Fsp3) is 0.300. The molecule has 0 aromatic heterocycles. The summed E-state index contributed by atoms with van der Waals surface area (Å²) in [5, 5.41) is 0.649. The third-order valence-electron chi connectivity index (χ3n) is 4.56. The molecule has 0 saturated carbocycles. The Morgan fingerprint density at radius 2 is 1.76 bits per heavy atom. The fourth-order valence-electron chi connectivity index (χ4n) is 3.06. The van der Waals surface area contributed by atoms with Crippen LogP contribution in [0.1, 0.15) is 19.4 Å². The van der Waals surface area contributed by atoms with Crippen molar-refractivity contribution in [3.8, 4) is 5.75 Å². The number of carbonyl (C=O) groups excluding carboxylic acids is 2. The van der Waals surface area contributed by atoms with E-state index in [1.807, 2.05) is 0 Å². The minimum absolute atomic E-state index is 0.0577. The van der Waals surface area contributed by atoms with E-state index in [1.54, 1.807) is 6.92 Å². The third-order valence-corrected chi connectivity index (χ3v) is 6.31. The van der Waals surface area contributed by atoms with Crippen molar-refractivity contribution in [1.29, 1.82) is 0 Å². The van der Waals surface area contributed by atoms with Crippen LogP contribution in [0.2, 0.25) is 0 Å². The maximum absolute atomic E-state index is 13.2. The van der Waals surface area contributed by atoms with Crippen molar-refractivity contribution in [2.75, 3.05) is 23.1 Å². The Morgan fingerprint density at radius 3 is 2.30 bits per heavy atom. The summed E-state index contributed by atoms with van der Waals surface area (Å²) in [5.41, 5.74) is -1.51. The smallest absolute Gasteiger partial charge is 0.416 e. The average Bonchev–Trinajstić information content (AvgIpc) is 2.73. The predicted octanol–water partition coefficient (Wildman–Crippen LogP) is 3.73. The molecule has 1 heterocycles. The molecule has 0 unspecified atom stereocenters. The summed E-state index contributed by atoms with van der Waals surface area (Å²) in [5.74, 6) is -0.585. The number of nitrogens with zero attached hydrogens (tertiary/aromatic N) is 2. The van der Waals surface area contributed by atoms with E-state index in [0.29, 0.717) is 21.5 Å². The molecule has 9 nitrogen and oxygen atoms in total. The van der Waals surface area contributed by atoms with Gasteiger partial charge in [0.05, 0.1) is 30.7 Å². The molecule has 0 saturated heterocycles. The number of urea groups is 1. The lowest BCUT2D eigenvalue weighted by Gasteiger charge is -2.34. The quantitative estimate of drug-likeness (QED) is 0.571. The van der Waals surface area contributed by atoms with Crippen molar-refractivity contribution in [3.63, 3.8) is 0 Å². The Kier molecular flexibility index (Phi) is 6.56. The first-order chi connectivity index (χ1) is 15.4. The number of hydrogen-bond donors (Lipinski definition) is 0. The number of esters is 1. The lowest BCUT2D eigenvalue weighted by molar-refractivity contribution is -0.150. The van der Waals surface area contributed by atoms with Crippen LogP contribution in [0.4, 0.5) is 29.3 Å². The van der Waals surface area contributed by atoms with E-state index >= 15 is 0 Å². The van der Waals surface area contributed by atoms with Crippen molar-refractivity contribution in [1.82, 2.24) is 0 Å². The van der Waals surface area contributed by atoms with Crippen molar-refractivity contribution in [2.24, 2.45) is 0 Å². The zero-order chi connectivity index (χ0) is 24.6. The summed E-state index contributed by atoms with van der Waals surface area (Å²) >= 11 is 0. The maximum Gasteiger partial charge on any atom is 0.416 e. The normalized spacial score (nSPS) is 16.2. The lowest BCUT2D eigenvalue weighted by atomic mass is 10.2. The highest BCUT2D eigenvalue weighted by atomic mass is 32.2. The number of ether oxygens (including phenoxy) is 2. The monoisotopic (exact) mass is 488 g/mol. The van der Waals surface area contributed by atoms with Crippen LogP contribution in [0.3, 0.4) is 0 Å². The Bertz CT molecular complexity index is 1170. The third kappa shape index (κ3) is 4.59. The second kappa shape index (κ2) is 8.90. The van der Waals surface area contributed by atoms with Gasteiger partial charge in [0, 0.05) is 6.07 Å². The highest BCUT2D eigenvalue weighted by molar-refractivity contribution is 7.94. The van der Waals surface area contributed by atoms with Crippen LogP contribution in [0.15, 0.2) is 47.4 Å². The van der Waals surface area contributed by atoms with Gasteiger partial charge < -0.3 is 9.47 Å². The Hall–Kier alpha value is -3.32. The predicted molar refractivity (Wildman–Crippen MR) is 109 cm³/mol. The van der Waals surface area contributed by atoms with Crippen LogP contribution in [-0.2, 0) is 30.6 Å². The molecule has 1 aliphatic rings. The highest BCUT2D eigenvalue weighted by Gasteiger charge is 2.44. The summed E-state index contributed by atoms with van der Waals surface area (Å²) in [4.78, 5) is 29.4. The Balaban J connectivity index is 2.02. The van der Waals surface area contributed by atoms with E-state index in [0.717, 1.165) is 25.3 Å². The number of carbonyl (C=O) groups is 2. The number of fused-ring (bicyclic) bond motifs is 1. The average molecular weight is 488 g/mol. The van der Waals surface area contributed by atoms with E-state index in [9.17, 15) is 31.2 Å². The van der Waals surface area contributed by atoms with Gasteiger partial charge >= 0.3 is 18.2 Å². The lowest BCUT2D eigenvalue weighted by Crippen LogP contribution is -2.50. The molecule has 2 amide bonds. The van der Waals surface area contributed by atoms with Gasteiger partial charge in [-0.1, -0.05) is 0 Å². The first-order valence-electron chi connectivity index (χ1n) is 9.50. The minimum atomic E-state index is -4.63. The van der Waals surface area contributed by atoms with Gasteiger partial charge in [0.25, 0.3) is 10.0 Å². The van der Waals surface area contributed by atoms with Gasteiger partial charge in [-0.15, -0.1) is 0 Å². The van der Waals surface area contributed by atoms with Crippen LogP contribution in [-0.4, -0.2) is 40.2 Å². The summed E-state index contributed by atoms with van der Waals surface area (Å²) in [6.45, 7) is 3.19. The van der Waals surface area contributed by atoms with E-state index in [4.69, 9.17) is 14.3 Å². The molecule has 2 aromatic rings. The molecule has 1 aliphatic heterocycles. The number of amides is 2. The van der Waals surface area contributed by atoms with Gasteiger partial charge in [-0.3, -0.25) is 4.84 Å². The molecular formula is C20H19F3N2O7S. The largest absolute Gasteiger partial charge is 0.479 e. The number of rotatable bonds is 6. The number of halogens is 3. The van der Waals surface area contributed by atoms with Gasteiger partial charge in [0.15, 0.2) is 6.10 Å². The zero-order valence-corrected chi connectivity index (χ0v) is 18.4. The molecule has 2 aromatic carbocycles. The second-order valence-electron chi connectivity index (χ2n) is 6.72. The Labute approximate surface area is 187 Å². The molecule has 0 fully saturated rings. The molecule has 0 bridgehead atoms. The Morgan fingerprint density at radius 1 is 1.12 bits per heavy atom. The molecule has 3 rings (SSSR count). The van der Waals surface area contributed by atoms with Crippen LogP contribution in [0.5, 0.6) is 5.75 Å². The summed E-state index contributed by atoms with van der Waals surface area (Å²) in [7, 11) is -3.40. The van der Waals surface area contributed by atoms with Crippen molar-refractivity contribution < 1.29 is 45.5 Å². The standard InChI is InChI=1S/C20H19F3N2O7S/c1-4-31-18(26)12(2)32-15-9-10-17-16(11-15)24(30-3)19(27)25(33(17,28)29)14-7-5-13(6-8-14)20(21,22)23/h5-12H,4H2,1-3H3/t12-/m1/s1. The van der Waals surface area contributed by atoms with Gasteiger partial charge in [-0.05, 0) is 50.2 Å². The molecule has 0 spiro atoms. The molecule has 0 radical (unpaired) electrons. The zero-order valence-electron chi connectivity index (χ0n) is 17.6. The van der Waals surface area contributed by atoms with Crippen LogP contribution >= 0.6 is 0 Å². The van der Waals surface area contributed by atoms with E-state index < -0.39 is 39.9 Å².